The second-order valence-corrected chi connectivity index (χ2v) is 6.90. The molecule has 0 amide bonds. The first-order chi connectivity index (χ1) is 12.6. The van der Waals surface area contributed by atoms with Gasteiger partial charge in [0.05, 0.1) is 5.70 Å². The van der Waals surface area contributed by atoms with E-state index in [0.717, 1.165) is 0 Å². The van der Waals surface area contributed by atoms with Crippen LogP contribution in [0.15, 0.2) is 85.1 Å². The summed E-state index contributed by atoms with van der Waals surface area (Å²) in [5.74, 6) is 0. The number of hydrogen-bond acceptors (Lipinski definition) is 2. The minimum Gasteiger partial charge on any atom is -0.353 e. The first-order valence-corrected chi connectivity index (χ1v) is 9.09. The predicted octanol–water partition coefficient (Wildman–Crippen LogP) is 5.76. The van der Waals surface area contributed by atoms with Gasteiger partial charge in [-0.25, -0.2) is 0 Å². The van der Waals surface area contributed by atoms with E-state index in [4.69, 9.17) is 0 Å². The Bertz CT molecular complexity index is 929. The molecule has 0 spiro atoms. The van der Waals surface area contributed by atoms with Crippen molar-refractivity contribution < 1.29 is 0 Å². The average Bonchev–Trinajstić information content (AvgIpc) is 2.99. The summed E-state index contributed by atoms with van der Waals surface area (Å²) >= 11 is 0. The second-order valence-electron chi connectivity index (χ2n) is 6.90. The van der Waals surface area contributed by atoms with E-state index in [1.54, 1.807) is 0 Å². The number of nitrogens with zero attached hydrogens (tertiary/aromatic N) is 2. The molecule has 1 aliphatic heterocycles. The van der Waals surface area contributed by atoms with Gasteiger partial charge in [-0.2, -0.15) is 0 Å². The highest BCUT2D eigenvalue weighted by atomic mass is 15.4. The zero-order chi connectivity index (χ0) is 18.1. The monoisotopic (exact) mass is 340 g/mol. The number of aryl methyl sites for hydroxylation is 1. The van der Waals surface area contributed by atoms with Crippen molar-refractivity contribution in [2.75, 3.05) is 11.9 Å². The fourth-order valence-corrected chi connectivity index (χ4v) is 3.57. The van der Waals surface area contributed by atoms with Crippen molar-refractivity contribution in [3.05, 3.63) is 96.2 Å². The molecule has 2 nitrogen and oxygen atoms in total. The highest BCUT2D eigenvalue weighted by molar-refractivity contribution is 5.76. The number of anilines is 1. The Hall–Kier alpha value is -3.00. The lowest BCUT2D eigenvalue weighted by molar-refractivity contribution is 0.399. The Morgan fingerprint density at radius 2 is 1.35 bits per heavy atom. The van der Waals surface area contributed by atoms with Crippen molar-refractivity contribution in [3.63, 3.8) is 0 Å². The van der Waals surface area contributed by atoms with Crippen LogP contribution in [0.2, 0.25) is 0 Å². The van der Waals surface area contributed by atoms with Crippen molar-refractivity contribution >= 4 is 11.4 Å². The third-order valence-corrected chi connectivity index (χ3v) is 5.27. The highest BCUT2D eigenvalue weighted by Crippen LogP contribution is 2.36. The van der Waals surface area contributed by atoms with Gasteiger partial charge in [-0.05, 0) is 42.2 Å². The summed E-state index contributed by atoms with van der Waals surface area (Å²) in [6.45, 7) is 4.44. The largest absolute Gasteiger partial charge is 0.353 e. The van der Waals surface area contributed by atoms with Crippen LogP contribution in [0, 0.1) is 6.92 Å². The quantitative estimate of drug-likeness (QED) is 0.598. The number of rotatable bonds is 3. The number of benzene rings is 3. The smallest absolute Gasteiger partial charge is 0.103 e. The normalized spacial score (nSPS) is 16.7. The van der Waals surface area contributed by atoms with Crippen LogP contribution in [0.25, 0.3) is 16.8 Å². The molecule has 0 saturated heterocycles. The molecule has 0 aliphatic carbocycles. The van der Waals surface area contributed by atoms with Crippen LogP contribution in [-0.2, 0) is 0 Å². The third kappa shape index (κ3) is 2.88. The molecule has 0 fully saturated rings. The van der Waals surface area contributed by atoms with Gasteiger partial charge >= 0.3 is 0 Å². The van der Waals surface area contributed by atoms with E-state index in [0.29, 0.717) is 0 Å². The molecule has 26 heavy (non-hydrogen) atoms. The molecule has 1 heterocycles. The van der Waals surface area contributed by atoms with Gasteiger partial charge in [0, 0.05) is 18.9 Å². The van der Waals surface area contributed by atoms with E-state index in [1.807, 2.05) is 0 Å². The van der Waals surface area contributed by atoms with E-state index in [1.165, 1.54) is 33.6 Å². The molecule has 0 radical (unpaired) electrons. The predicted molar refractivity (Wildman–Crippen MR) is 111 cm³/mol. The summed E-state index contributed by atoms with van der Waals surface area (Å²) in [7, 11) is 2.17. The molecule has 0 bridgehead atoms. The average molecular weight is 340 g/mol. The highest BCUT2D eigenvalue weighted by Gasteiger charge is 2.28. The van der Waals surface area contributed by atoms with Crippen molar-refractivity contribution in [2.45, 2.75) is 20.0 Å². The van der Waals surface area contributed by atoms with Crippen LogP contribution in [-0.4, -0.2) is 18.1 Å². The van der Waals surface area contributed by atoms with Crippen LogP contribution < -0.4 is 4.90 Å². The minimum atomic E-state index is 0.273. The first-order valence-electron chi connectivity index (χ1n) is 9.09. The van der Waals surface area contributed by atoms with E-state index in [-0.39, 0.29) is 6.17 Å². The molecular formula is C24H24N2. The van der Waals surface area contributed by atoms with E-state index in [2.05, 4.69) is 116 Å². The Balaban J connectivity index is 1.76. The van der Waals surface area contributed by atoms with Gasteiger partial charge in [-0.1, -0.05) is 72.8 Å². The fourth-order valence-electron chi connectivity index (χ4n) is 3.57. The zero-order valence-electron chi connectivity index (χ0n) is 15.6. The lowest BCUT2D eigenvalue weighted by atomic mass is 10.0. The molecule has 3 aromatic rings. The maximum atomic E-state index is 2.38. The van der Waals surface area contributed by atoms with Crippen molar-refractivity contribution in [2.24, 2.45) is 0 Å². The van der Waals surface area contributed by atoms with Crippen LogP contribution in [0.4, 0.5) is 5.69 Å². The Morgan fingerprint density at radius 3 is 2.00 bits per heavy atom. The van der Waals surface area contributed by atoms with Gasteiger partial charge in [0.15, 0.2) is 0 Å². The van der Waals surface area contributed by atoms with Gasteiger partial charge < -0.3 is 9.80 Å². The summed E-state index contributed by atoms with van der Waals surface area (Å²) < 4.78 is 0. The zero-order valence-corrected chi connectivity index (χ0v) is 15.6. The van der Waals surface area contributed by atoms with E-state index < -0.39 is 0 Å². The lowest BCUT2D eigenvalue weighted by Gasteiger charge is -2.29. The topological polar surface area (TPSA) is 6.48 Å². The molecule has 1 atom stereocenters. The molecule has 0 unspecified atom stereocenters. The summed E-state index contributed by atoms with van der Waals surface area (Å²) in [6.07, 6.45) is 2.55. The van der Waals surface area contributed by atoms with Gasteiger partial charge in [-0.3, -0.25) is 0 Å². The van der Waals surface area contributed by atoms with Gasteiger partial charge in [0.25, 0.3) is 0 Å². The lowest BCUT2D eigenvalue weighted by Crippen LogP contribution is -2.34. The first kappa shape index (κ1) is 16.5. The van der Waals surface area contributed by atoms with Gasteiger partial charge in [-0.15, -0.1) is 0 Å². The summed E-state index contributed by atoms with van der Waals surface area (Å²) in [5, 5.41) is 0. The van der Waals surface area contributed by atoms with Crippen molar-refractivity contribution in [3.8, 4) is 11.1 Å². The summed E-state index contributed by atoms with van der Waals surface area (Å²) in [6, 6.07) is 27.9. The molecular weight excluding hydrogens is 316 g/mol. The van der Waals surface area contributed by atoms with Crippen LogP contribution >= 0.6 is 0 Å². The number of hydrogen-bond donors (Lipinski definition) is 0. The maximum absolute atomic E-state index is 2.38. The summed E-state index contributed by atoms with van der Waals surface area (Å²) in [5.41, 5.74) is 7.56. The second kappa shape index (κ2) is 6.72. The molecule has 0 saturated carbocycles. The molecule has 130 valence electrons. The SMILES string of the molecule is Cc1ccc(-c2ccccc2)cc1N1C=C(c2ccccc2)N(C)[C@@H]1C. The Morgan fingerprint density at radius 1 is 0.731 bits per heavy atom. The maximum Gasteiger partial charge on any atom is 0.103 e. The minimum absolute atomic E-state index is 0.273. The Kier molecular flexibility index (Phi) is 4.26. The molecule has 4 rings (SSSR count). The van der Waals surface area contributed by atoms with Crippen molar-refractivity contribution in [1.82, 2.24) is 4.90 Å². The molecule has 3 aromatic carbocycles. The molecule has 1 aliphatic rings. The van der Waals surface area contributed by atoms with E-state index >= 15 is 0 Å². The van der Waals surface area contributed by atoms with Gasteiger partial charge in [0.1, 0.15) is 6.17 Å². The Labute approximate surface area is 156 Å². The van der Waals surface area contributed by atoms with E-state index in [9.17, 15) is 0 Å². The molecule has 0 N–H and O–H groups in total. The molecule has 2 heteroatoms. The standard InChI is InChI=1S/C24H24N2/c1-18-14-15-22(20-10-6-4-7-11-20)16-23(18)26-17-24(25(3)19(26)2)21-12-8-5-9-13-21/h4-17,19H,1-3H3/t19-/m0/s1. The molecule has 0 aromatic heterocycles. The van der Waals surface area contributed by atoms with Crippen LogP contribution in [0.5, 0.6) is 0 Å². The third-order valence-electron chi connectivity index (χ3n) is 5.27. The van der Waals surface area contributed by atoms with Crippen LogP contribution in [0.3, 0.4) is 0 Å². The van der Waals surface area contributed by atoms with Crippen molar-refractivity contribution in [1.29, 1.82) is 0 Å². The summed E-state index contributed by atoms with van der Waals surface area (Å²) in [4.78, 5) is 4.72. The van der Waals surface area contributed by atoms with Crippen LogP contribution in [0.1, 0.15) is 18.1 Å². The fraction of sp³-hybridized carbons (Fsp3) is 0.167. The van der Waals surface area contributed by atoms with Gasteiger partial charge in [0.2, 0.25) is 0 Å².